The van der Waals surface area contributed by atoms with Crippen molar-refractivity contribution in [1.82, 2.24) is 30.0 Å². The summed E-state index contributed by atoms with van der Waals surface area (Å²) in [6.45, 7) is 2.07. The Labute approximate surface area is 197 Å². The van der Waals surface area contributed by atoms with E-state index in [2.05, 4.69) is 27.1 Å². The third kappa shape index (κ3) is 4.81. The number of aromatic amines is 1. The van der Waals surface area contributed by atoms with Gasteiger partial charge in [-0.25, -0.2) is 4.98 Å². The van der Waals surface area contributed by atoms with E-state index in [4.69, 9.17) is 9.72 Å². The van der Waals surface area contributed by atoms with Crippen molar-refractivity contribution in [2.75, 3.05) is 20.1 Å². The summed E-state index contributed by atoms with van der Waals surface area (Å²) in [6, 6.07) is 15.8. The van der Waals surface area contributed by atoms with Gasteiger partial charge in [0, 0.05) is 55.1 Å². The fourth-order valence-electron chi connectivity index (χ4n) is 4.27. The van der Waals surface area contributed by atoms with Crippen molar-refractivity contribution in [3.63, 3.8) is 0 Å². The van der Waals surface area contributed by atoms with Crippen LogP contribution in [0.1, 0.15) is 12.1 Å². The third-order valence-corrected chi connectivity index (χ3v) is 6.21. The van der Waals surface area contributed by atoms with Crippen molar-refractivity contribution >= 4 is 17.2 Å². The van der Waals surface area contributed by atoms with E-state index in [0.29, 0.717) is 37.5 Å². The zero-order valence-corrected chi connectivity index (χ0v) is 18.8. The Morgan fingerprint density at radius 3 is 2.94 bits per heavy atom. The van der Waals surface area contributed by atoms with Crippen LogP contribution in [0.25, 0.3) is 22.2 Å². The molecule has 0 spiro atoms. The summed E-state index contributed by atoms with van der Waals surface area (Å²) in [5.41, 5.74) is 3.70. The van der Waals surface area contributed by atoms with Crippen molar-refractivity contribution in [2.24, 2.45) is 0 Å². The highest BCUT2D eigenvalue weighted by Gasteiger charge is 2.29. The molecule has 1 aliphatic heterocycles. The van der Waals surface area contributed by atoms with Gasteiger partial charge in [0.2, 0.25) is 5.88 Å². The normalized spacial score (nSPS) is 17.3. The van der Waals surface area contributed by atoms with Gasteiger partial charge >= 0.3 is 0 Å². The summed E-state index contributed by atoms with van der Waals surface area (Å²) in [4.78, 5) is 24.0. The van der Waals surface area contributed by atoms with Crippen molar-refractivity contribution in [3.8, 4) is 22.9 Å². The van der Waals surface area contributed by atoms with Gasteiger partial charge in [-0.15, -0.1) is 0 Å². The van der Waals surface area contributed by atoms with Crippen LogP contribution in [0.3, 0.4) is 0 Å². The number of ether oxygens (including phenoxy) is 1. The molecule has 4 heterocycles. The van der Waals surface area contributed by atoms with E-state index in [1.165, 1.54) is 0 Å². The number of benzene rings is 1. The standard InChI is InChI=1S/C25H26N6O3/c1-30(20-9-11-31(15-20)25(33)16-32)14-19-4-2-17-12-21(5-6-22(17)28-19)34-24-7-3-18(13-26-24)23-8-10-27-29-23/h2-8,10,12-13,16,20,25,33H,9,11,14-15H2,1H3,(H,27,29)/t20-,25?/m1/s1. The van der Waals surface area contributed by atoms with Gasteiger partial charge in [-0.3, -0.25) is 24.7 Å². The van der Waals surface area contributed by atoms with Crippen LogP contribution in [0.15, 0.2) is 60.9 Å². The molecule has 5 rings (SSSR count). The lowest BCUT2D eigenvalue weighted by molar-refractivity contribution is -0.123. The topological polar surface area (TPSA) is 107 Å². The van der Waals surface area contributed by atoms with Gasteiger partial charge in [0.25, 0.3) is 0 Å². The number of nitrogens with zero attached hydrogens (tertiary/aromatic N) is 5. The maximum absolute atomic E-state index is 10.8. The molecule has 9 heteroatoms. The maximum atomic E-state index is 10.8. The minimum atomic E-state index is -1.02. The van der Waals surface area contributed by atoms with Crippen LogP contribution in [0, 0.1) is 0 Å². The highest BCUT2D eigenvalue weighted by Crippen LogP contribution is 2.26. The molecule has 4 aromatic rings. The number of aldehydes is 1. The Hall–Kier alpha value is -3.66. The maximum Gasteiger partial charge on any atom is 0.219 e. The summed E-state index contributed by atoms with van der Waals surface area (Å²) in [5.74, 6) is 1.21. The molecular formula is C25H26N6O3. The third-order valence-electron chi connectivity index (χ3n) is 6.21. The Kier molecular flexibility index (Phi) is 6.31. The van der Waals surface area contributed by atoms with E-state index in [9.17, 15) is 9.90 Å². The number of aliphatic hydroxyl groups excluding tert-OH is 1. The lowest BCUT2D eigenvalue weighted by Gasteiger charge is -2.25. The fraction of sp³-hybridized carbons (Fsp3) is 0.280. The first kappa shape index (κ1) is 22.1. The second-order valence-electron chi connectivity index (χ2n) is 8.52. The van der Waals surface area contributed by atoms with Crippen LogP contribution < -0.4 is 4.74 Å². The van der Waals surface area contributed by atoms with Crippen LogP contribution in [-0.4, -0.2) is 73.8 Å². The van der Waals surface area contributed by atoms with Crippen LogP contribution in [0.2, 0.25) is 0 Å². The first-order valence-electron chi connectivity index (χ1n) is 11.2. The molecule has 3 aromatic heterocycles. The molecule has 1 aliphatic rings. The largest absolute Gasteiger partial charge is 0.439 e. The molecule has 0 saturated carbocycles. The zero-order chi connectivity index (χ0) is 23.5. The summed E-state index contributed by atoms with van der Waals surface area (Å²) in [6.07, 6.45) is 3.93. The fourth-order valence-corrected chi connectivity index (χ4v) is 4.27. The Morgan fingerprint density at radius 1 is 1.26 bits per heavy atom. The first-order valence-corrected chi connectivity index (χ1v) is 11.2. The highest BCUT2D eigenvalue weighted by atomic mass is 16.5. The van der Waals surface area contributed by atoms with E-state index in [1.807, 2.05) is 48.5 Å². The van der Waals surface area contributed by atoms with Gasteiger partial charge in [-0.05, 0) is 49.9 Å². The molecule has 1 unspecified atom stereocenters. The minimum Gasteiger partial charge on any atom is -0.439 e. The number of fused-ring (bicyclic) bond motifs is 1. The van der Waals surface area contributed by atoms with Crippen molar-refractivity contribution in [2.45, 2.75) is 25.2 Å². The van der Waals surface area contributed by atoms with Crippen LogP contribution in [-0.2, 0) is 11.3 Å². The van der Waals surface area contributed by atoms with Crippen molar-refractivity contribution < 1.29 is 14.6 Å². The SMILES string of the molecule is CN(Cc1ccc2cc(Oc3ccc(-c4ccn[nH]4)cn3)ccc2n1)[C@@H]1CCN(C(O)C=O)C1. The number of carbonyl (C=O) groups is 1. The molecule has 1 saturated heterocycles. The number of aromatic nitrogens is 4. The monoisotopic (exact) mass is 458 g/mol. The number of nitrogens with one attached hydrogen (secondary N) is 1. The number of H-pyrrole nitrogens is 1. The Morgan fingerprint density at radius 2 is 2.18 bits per heavy atom. The van der Waals surface area contributed by atoms with E-state index in [-0.39, 0.29) is 6.04 Å². The molecule has 0 bridgehead atoms. The molecule has 34 heavy (non-hydrogen) atoms. The van der Waals surface area contributed by atoms with Crippen molar-refractivity contribution in [1.29, 1.82) is 0 Å². The van der Waals surface area contributed by atoms with Crippen LogP contribution in [0.5, 0.6) is 11.6 Å². The lowest BCUT2D eigenvalue weighted by Crippen LogP contribution is -2.38. The van der Waals surface area contributed by atoms with E-state index in [0.717, 1.165) is 34.3 Å². The predicted octanol–water partition coefficient (Wildman–Crippen LogP) is 2.84. The zero-order valence-electron chi connectivity index (χ0n) is 18.8. The van der Waals surface area contributed by atoms with E-state index in [1.54, 1.807) is 17.3 Å². The average Bonchev–Trinajstić information content (AvgIpc) is 3.57. The quantitative estimate of drug-likeness (QED) is 0.388. The molecule has 0 radical (unpaired) electrons. The molecule has 1 fully saturated rings. The first-order chi connectivity index (χ1) is 16.6. The molecule has 0 aliphatic carbocycles. The number of carbonyl (C=O) groups excluding carboxylic acids is 1. The number of hydrogen-bond donors (Lipinski definition) is 2. The van der Waals surface area contributed by atoms with E-state index < -0.39 is 6.23 Å². The van der Waals surface area contributed by atoms with Gasteiger partial charge in [-0.2, -0.15) is 5.10 Å². The summed E-state index contributed by atoms with van der Waals surface area (Å²) in [7, 11) is 2.05. The molecule has 2 atom stereocenters. The number of likely N-dealkylation sites (tertiary alicyclic amines) is 1. The van der Waals surface area contributed by atoms with Crippen molar-refractivity contribution in [3.05, 3.63) is 66.6 Å². The smallest absolute Gasteiger partial charge is 0.219 e. The summed E-state index contributed by atoms with van der Waals surface area (Å²) >= 11 is 0. The highest BCUT2D eigenvalue weighted by molar-refractivity contribution is 5.80. The van der Waals surface area contributed by atoms with Crippen LogP contribution >= 0.6 is 0 Å². The average molecular weight is 459 g/mol. The molecule has 174 valence electrons. The minimum absolute atomic E-state index is 0.273. The number of pyridine rings is 2. The molecule has 9 nitrogen and oxygen atoms in total. The summed E-state index contributed by atoms with van der Waals surface area (Å²) in [5, 5.41) is 17.6. The van der Waals surface area contributed by atoms with Gasteiger partial charge in [0.15, 0.2) is 12.5 Å². The number of hydrogen-bond acceptors (Lipinski definition) is 8. The number of rotatable bonds is 8. The van der Waals surface area contributed by atoms with E-state index >= 15 is 0 Å². The molecular weight excluding hydrogens is 432 g/mol. The number of aliphatic hydroxyl groups is 1. The van der Waals surface area contributed by atoms with Crippen LogP contribution in [0.4, 0.5) is 0 Å². The second kappa shape index (κ2) is 9.68. The second-order valence-corrected chi connectivity index (χ2v) is 8.52. The summed E-state index contributed by atoms with van der Waals surface area (Å²) < 4.78 is 5.94. The van der Waals surface area contributed by atoms with Gasteiger partial charge in [0.05, 0.1) is 16.9 Å². The molecule has 0 amide bonds. The Bertz CT molecular complexity index is 1260. The predicted molar refractivity (Wildman–Crippen MR) is 127 cm³/mol. The van der Waals surface area contributed by atoms with Gasteiger partial charge in [-0.1, -0.05) is 6.07 Å². The Balaban J connectivity index is 1.23. The number of likely N-dealkylation sites (N-methyl/N-ethyl adjacent to an activating group) is 1. The molecule has 2 N–H and O–H groups in total. The lowest BCUT2D eigenvalue weighted by atomic mass is 10.1. The van der Waals surface area contributed by atoms with Gasteiger partial charge < -0.3 is 9.84 Å². The molecule has 1 aromatic carbocycles. The van der Waals surface area contributed by atoms with Gasteiger partial charge in [0.1, 0.15) is 5.75 Å².